The highest BCUT2D eigenvalue weighted by atomic mass is 16.2. The summed E-state index contributed by atoms with van der Waals surface area (Å²) in [7, 11) is 0. The lowest BCUT2D eigenvalue weighted by molar-refractivity contribution is -0.132. The minimum absolute atomic E-state index is 0.219. The van der Waals surface area contributed by atoms with Crippen LogP contribution in [0.2, 0.25) is 0 Å². The summed E-state index contributed by atoms with van der Waals surface area (Å²) in [6.45, 7) is 5.12. The van der Waals surface area contributed by atoms with Gasteiger partial charge in [-0.2, -0.15) is 0 Å². The summed E-state index contributed by atoms with van der Waals surface area (Å²) >= 11 is 0. The second-order valence-electron chi connectivity index (χ2n) is 7.33. The molecule has 2 heteroatoms. The third kappa shape index (κ3) is 4.50. The van der Waals surface area contributed by atoms with Crippen molar-refractivity contribution in [2.24, 2.45) is 5.92 Å². The van der Waals surface area contributed by atoms with Gasteiger partial charge in [-0.3, -0.25) is 4.79 Å². The zero-order chi connectivity index (χ0) is 17.6. The molecular weight excluding hydrogens is 306 g/mol. The number of carbonyl (C=O) groups excluding carboxylic acids is 1. The van der Waals surface area contributed by atoms with Crippen LogP contribution in [0.4, 0.5) is 0 Å². The molecule has 3 rings (SSSR count). The van der Waals surface area contributed by atoms with Gasteiger partial charge in [-0.15, -0.1) is 0 Å². The van der Waals surface area contributed by atoms with Crippen LogP contribution in [0.3, 0.4) is 0 Å². The van der Waals surface area contributed by atoms with Crippen molar-refractivity contribution in [3.05, 3.63) is 71.3 Å². The summed E-state index contributed by atoms with van der Waals surface area (Å²) in [6.07, 6.45) is 5.03. The quantitative estimate of drug-likeness (QED) is 0.712. The molecule has 0 bridgehead atoms. The van der Waals surface area contributed by atoms with E-state index >= 15 is 0 Å². The van der Waals surface area contributed by atoms with E-state index in [4.69, 9.17) is 0 Å². The van der Waals surface area contributed by atoms with Crippen LogP contribution in [-0.2, 0) is 17.6 Å². The van der Waals surface area contributed by atoms with Gasteiger partial charge in [0.1, 0.15) is 0 Å². The first kappa shape index (κ1) is 17.7. The average molecular weight is 335 g/mol. The molecule has 1 amide bonds. The van der Waals surface area contributed by atoms with Gasteiger partial charge in [-0.1, -0.05) is 73.5 Å². The van der Waals surface area contributed by atoms with Crippen molar-refractivity contribution >= 4 is 5.91 Å². The number of benzene rings is 2. The minimum Gasteiger partial charge on any atom is -0.339 e. The Labute approximate surface area is 151 Å². The fraction of sp³-hybridized carbons (Fsp3) is 0.435. The molecule has 2 atom stereocenters. The lowest BCUT2D eigenvalue weighted by Gasteiger charge is -2.25. The highest BCUT2D eigenvalue weighted by Gasteiger charge is 2.38. The molecule has 2 aromatic carbocycles. The van der Waals surface area contributed by atoms with Crippen LogP contribution in [0.15, 0.2) is 54.6 Å². The fourth-order valence-corrected chi connectivity index (χ4v) is 3.94. The van der Waals surface area contributed by atoms with Crippen molar-refractivity contribution in [2.45, 2.75) is 52.0 Å². The lowest BCUT2D eigenvalue weighted by Crippen LogP contribution is -2.36. The molecule has 2 nitrogen and oxygen atoms in total. The summed E-state index contributed by atoms with van der Waals surface area (Å²) in [6, 6.07) is 19.6. The Morgan fingerprint density at radius 3 is 2.40 bits per heavy atom. The van der Waals surface area contributed by atoms with E-state index in [0.717, 1.165) is 38.6 Å². The molecule has 25 heavy (non-hydrogen) atoms. The first-order valence-corrected chi connectivity index (χ1v) is 9.57. The molecule has 0 aromatic heterocycles. The van der Waals surface area contributed by atoms with E-state index in [2.05, 4.69) is 73.3 Å². The van der Waals surface area contributed by atoms with E-state index in [-0.39, 0.29) is 5.92 Å². The first-order valence-electron chi connectivity index (χ1n) is 9.57. The van der Waals surface area contributed by atoms with Crippen LogP contribution in [0, 0.1) is 12.8 Å². The van der Waals surface area contributed by atoms with Crippen LogP contribution in [0.25, 0.3) is 0 Å². The van der Waals surface area contributed by atoms with Crippen LogP contribution in [0.1, 0.15) is 42.9 Å². The Bertz CT molecular complexity index is 677. The maximum atomic E-state index is 12.9. The molecule has 1 fully saturated rings. The van der Waals surface area contributed by atoms with Gasteiger partial charge in [0, 0.05) is 18.5 Å². The molecular formula is C23H29NO. The summed E-state index contributed by atoms with van der Waals surface area (Å²) < 4.78 is 0. The summed E-state index contributed by atoms with van der Waals surface area (Å²) in [5.74, 6) is 0.589. The van der Waals surface area contributed by atoms with E-state index in [1.54, 1.807) is 0 Å². The predicted octanol–water partition coefficient (Wildman–Crippen LogP) is 4.80. The molecule has 0 saturated carbocycles. The normalized spacial score (nSPS) is 20.2. The van der Waals surface area contributed by atoms with Gasteiger partial charge in [0.15, 0.2) is 0 Å². The number of hydrogen-bond donors (Lipinski definition) is 0. The van der Waals surface area contributed by atoms with Gasteiger partial charge < -0.3 is 4.90 Å². The second kappa shape index (κ2) is 8.33. The Hall–Kier alpha value is -2.09. The maximum Gasteiger partial charge on any atom is 0.226 e. The van der Waals surface area contributed by atoms with Gasteiger partial charge in [-0.25, -0.2) is 0 Å². The SMILES string of the molecule is CCCC1C[C@H](Cc2ccccc2)N(CCc2ccc(C)cc2)C1=O. The molecule has 0 radical (unpaired) electrons. The van der Waals surface area contributed by atoms with Crippen molar-refractivity contribution in [1.29, 1.82) is 0 Å². The standard InChI is InChI=1S/C23H29NO/c1-3-7-21-17-22(16-20-8-5-4-6-9-20)24(23(21)25)15-14-19-12-10-18(2)11-13-19/h4-6,8-13,21-22H,3,7,14-17H2,1-2H3/t21?,22-/m0/s1. The topological polar surface area (TPSA) is 20.3 Å². The molecule has 132 valence electrons. The molecule has 1 heterocycles. The highest BCUT2D eigenvalue weighted by molar-refractivity contribution is 5.81. The number of hydrogen-bond acceptors (Lipinski definition) is 1. The van der Waals surface area contributed by atoms with E-state index in [0.29, 0.717) is 11.9 Å². The highest BCUT2D eigenvalue weighted by Crippen LogP contribution is 2.30. The maximum absolute atomic E-state index is 12.9. The first-order chi connectivity index (χ1) is 12.2. The number of aryl methyl sites for hydroxylation is 1. The van der Waals surface area contributed by atoms with Crippen molar-refractivity contribution in [3.8, 4) is 0 Å². The Morgan fingerprint density at radius 2 is 1.72 bits per heavy atom. The third-order valence-electron chi connectivity index (χ3n) is 5.34. The molecule has 0 aliphatic carbocycles. The Kier molecular flexibility index (Phi) is 5.91. The lowest BCUT2D eigenvalue weighted by atomic mass is 9.96. The number of amides is 1. The minimum atomic E-state index is 0.219. The number of likely N-dealkylation sites (tertiary alicyclic amines) is 1. The molecule has 2 aromatic rings. The molecule has 1 aliphatic rings. The molecule has 0 spiro atoms. The number of rotatable bonds is 7. The van der Waals surface area contributed by atoms with Crippen molar-refractivity contribution in [1.82, 2.24) is 4.90 Å². The van der Waals surface area contributed by atoms with Crippen LogP contribution < -0.4 is 0 Å². The molecule has 0 N–H and O–H groups in total. The van der Waals surface area contributed by atoms with Crippen LogP contribution >= 0.6 is 0 Å². The zero-order valence-electron chi connectivity index (χ0n) is 15.4. The Morgan fingerprint density at radius 1 is 1.00 bits per heavy atom. The summed E-state index contributed by atoms with van der Waals surface area (Å²) in [5.41, 5.74) is 3.93. The molecule has 1 saturated heterocycles. The van der Waals surface area contributed by atoms with Crippen LogP contribution in [-0.4, -0.2) is 23.4 Å². The zero-order valence-corrected chi connectivity index (χ0v) is 15.4. The van der Waals surface area contributed by atoms with Crippen molar-refractivity contribution < 1.29 is 4.79 Å². The predicted molar refractivity (Wildman–Crippen MR) is 104 cm³/mol. The van der Waals surface area contributed by atoms with Gasteiger partial charge in [0.05, 0.1) is 0 Å². The second-order valence-corrected chi connectivity index (χ2v) is 7.33. The van der Waals surface area contributed by atoms with E-state index < -0.39 is 0 Å². The number of nitrogens with zero attached hydrogens (tertiary/aromatic N) is 1. The third-order valence-corrected chi connectivity index (χ3v) is 5.34. The van der Waals surface area contributed by atoms with Crippen molar-refractivity contribution in [2.75, 3.05) is 6.54 Å². The Balaban J connectivity index is 1.69. The summed E-state index contributed by atoms with van der Waals surface area (Å²) in [5, 5.41) is 0. The van der Waals surface area contributed by atoms with E-state index in [1.165, 1.54) is 16.7 Å². The van der Waals surface area contributed by atoms with Gasteiger partial charge in [0.25, 0.3) is 0 Å². The fourth-order valence-electron chi connectivity index (χ4n) is 3.94. The number of carbonyl (C=O) groups is 1. The van der Waals surface area contributed by atoms with E-state index in [9.17, 15) is 4.79 Å². The van der Waals surface area contributed by atoms with Gasteiger partial charge >= 0.3 is 0 Å². The smallest absolute Gasteiger partial charge is 0.226 e. The molecule has 1 aliphatic heterocycles. The van der Waals surface area contributed by atoms with Gasteiger partial charge in [-0.05, 0) is 43.7 Å². The average Bonchev–Trinajstić information content (AvgIpc) is 2.91. The van der Waals surface area contributed by atoms with Gasteiger partial charge in [0.2, 0.25) is 5.91 Å². The van der Waals surface area contributed by atoms with E-state index in [1.807, 2.05) is 0 Å². The summed E-state index contributed by atoms with van der Waals surface area (Å²) in [4.78, 5) is 15.1. The monoisotopic (exact) mass is 335 g/mol. The van der Waals surface area contributed by atoms with Crippen LogP contribution in [0.5, 0.6) is 0 Å². The largest absolute Gasteiger partial charge is 0.339 e. The van der Waals surface area contributed by atoms with Crippen molar-refractivity contribution in [3.63, 3.8) is 0 Å². The molecule has 1 unspecified atom stereocenters.